The summed E-state index contributed by atoms with van der Waals surface area (Å²) in [6.45, 7) is 3.59. The van der Waals surface area contributed by atoms with Gasteiger partial charge in [0, 0.05) is 0 Å². The van der Waals surface area contributed by atoms with Gasteiger partial charge in [0.05, 0.1) is 0 Å². The van der Waals surface area contributed by atoms with Gasteiger partial charge in [-0.3, -0.25) is 0 Å². The third kappa shape index (κ3) is 8.99. The Kier molecular flexibility index (Phi) is 9.94. The van der Waals surface area contributed by atoms with Crippen LogP contribution in [0, 0.1) is 0 Å². The molecular weight excluding hydrogens is 231 g/mol. The van der Waals surface area contributed by atoms with Gasteiger partial charge in [-0.1, -0.05) is 47.1 Å². The minimum absolute atomic E-state index is 0. The molecule has 0 saturated heterocycles. The van der Waals surface area contributed by atoms with E-state index in [4.69, 9.17) is 0 Å². The minimum atomic E-state index is -4.31. The molecule has 3 nitrogen and oxygen atoms in total. The third-order valence-electron chi connectivity index (χ3n) is 2.02. The first-order chi connectivity index (χ1) is 5.48. The van der Waals surface area contributed by atoms with Gasteiger partial charge in [-0.05, 0) is 12.1 Å². The maximum Gasteiger partial charge on any atom is 2.00 e. The second-order valence-electron chi connectivity index (χ2n) is 3.24. The van der Waals surface area contributed by atoms with Gasteiger partial charge in [0.1, 0.15) is 0 Å². The number of hydrogen-bond donors (Lipinski definition) is 0. The molecule has 5 heteroatoms. The number of hydrogen-bond acceptors (Lipinski definition) is 3. The van der Waals surface area contributed by atoms with Crippen LogP contribution in [0.2, 0.25) is 0 Å². The Balaban J connectivity index is 0. The van der Waals surface area contributed by atoms with Crippen molar-refractivity contribution in [1.29, 1.82) is 0 Å². The summed E-state index contributed by atoms with van der Waals surface area (Å²) in [5.74, 6) is 0. The molecule has 1 unspecified atom stereocenters. The van der Waals surface area contributed by atoms with Crippen LogP contribution in [0.3, 0.4) is 0 Å². The summed E-state index contributed by atoms with van der Waals surface area (Å²) in [7, 11) is -4.31. The van der Waals surface area contributed by atoms with Gasteiger partial charge in [-0.15, -0.1) is 0 Å². The molecule has 0 aromatic heterocycles. The van der Waals surface area contributed by atoms with Gasteiger partial charge < -0.3 is 14.4 Å². The molecule has 0 amide bonds. The molecule has 0 rings (SSSR count). The molecule has 0 spiro atoms. The van der Waals surface area contributed by atoms with E-state index in [-0.39, 0.29) is 17.1 Å². The zero-order valence-electron chi connectivity index (χ0n) is 8.14. The summed E-state index contributed by atoms with van der Waals surface area (Å²) in [4.78, 5) is 20.9. The summed E-state index contributed by atoms with van der Waals surface area (Å²) in [6.07, 6.45) is 4.64. The smallest absolute Gasteiger partial charge is 0.811 e. The van der Waals surface area contributed by atoms with Crippen molar-refractivity contribution >= 4 is 7.60 Å². The largest absolute Gasteiger partial charge is 2.00 e. The molecule has 0 heterocycles. The molecule has 0 fully saturated rings. The molecule has 0 radical (unpaired) electrons. The van der Waals surface area contributed by atoms with Crippen LogP contribution in [-0.4, -0.2) is 5.66 Å². The van der Waals surface area contributed by atoms with E-state index in [1.54, 1.807) is 0 Å². The Morgan fingerprint density at radius 2 is 1.77 bits per heavy atom. The fraction of sp³-hybridized carbons (Fsp3) is 1.00. The Labute approximate surface area is 90.9 Å². The molecule has 1 atom stereocenters. The second kappa shape index (κ2) is 8.02. The molecule has 0 aromatic rings. The molecule has 0 N–H and O–H groups in total. The van der Waals surface area contributed by atoms with Gasteiger partial charge in [-0.25, -0.2) is 0 Å². The topological polar surface area (TPSA) is 63.2 Å². The first-order valence-corrected chi connectivity index (χ1v) is 6.11. The van der Waals surface area contributed by atoms with Crippen molar-refractivity contribution in [3.05, 3.63) is 0 Å². The molecule has 0 aliphatic rings. The van der Waals surface area contributed by atoms with Crippen molar-refractivity contribution in [2.24, 2.45) is 0 Å². The molecule has 0 aliphatic heterocycles. The molecule has 80 valence electrons. The number of unbranched alkanes of at least 4 members (excludes halogenated alkanes) is 3. The van der Waals surface area contributed by atoms with E-state index in [0.717, 1.165) is 25.7 Å². The second-order valence-corrected chi connectivity index (χ2v) is 5.20. The van der Waals surface area contributed by atoms with Crippen LogP contribution in [-0.2, 0) is 21.6 Å². The standard InChI is InChI=1S/C8H19O3P.Fe/c1-3-4-5-6-7-8(2)12(9,10)11;/h8H,3-7H2,1-2H3,(H2,9,10,11);/q;+2/p-2. The van der Waals surface area contributed by atoms with Crippen LogP contribution in [0.25, 0.3) is 0 Å². The van der Waals surface area contributed by atoms with Gasteiger partial charge in [0.2, 0.25) is 0 Å². The van der Waals surface area contributed by atoms with Crippen LogP contribution < -0.4 is 9.79 Å². The Morgan fingerprint density at radius 1 is 1.23 bits per heavy atom. The molecule has 0 bridgehead atoms. The van der Waals surface area contributed by atoms with Crippen LogP contribution >= 0.6 is 7.60 Å². The monoisotopic (exact) mass is 248 g/mol. The van der Waals surface area contributed by atoms with Crippen molar-refractivity contribution in [2.45, 2.75) is 51.6 Å². The van der Waals surface area contributed by atoms with Gasteiger partial charge >= 0.3 is 17.1 Å². The molecule has 0 aliphatic carbocycles. The summed E-state index contributed by atoms with van der Waals surface area (Å²) in [5.41, 5.74) is -0.686. The maximum absolute atomic E-state index is 10.5. The maximum atomic E-state index is 10.5. The molecule has 0 aromatic carbocycles. The van der Waals surface area contributed by atoms with Crippen LogP contribution in [0.15, 0.2) is 0 Å². The van der Waals surface area contributed by atoms with Crippen molar-refractivity contribution in [1.82, 2.24) is 0 Å². The van der Waals surface area contributed by atoms with Gasteiger partial charge in [-0.2, -0.15) is 0 Å². The minimum Gasteiger partial charge on any atom is -0.811 e. The van der Waals surface area contributed by atoms with Crippen molar-refractivity contribution in [2.75, 3.05) is 0 Å². The van der Waals surface area contributed by atoms with E-state index in [0.29, 0.717) is 6.42 Å². The third-order valence-corrected chi connectivity index (χ3v) is 3.35. The molecule has 0 saturated carbocycles. The fourth-order valence-electron chi connectivity index (χ4n) is 1.02. The summed E-state index contributed by atoms with van der Waals surface area (Å²) in [5, 5.41) is 0. The normalized spacial score (nSPS) is 13.5. The first kappa shape index (κ1) is 16.1. The average Bonchev–Trinajstić information content (AvgIpc) is 1.96. The summed E-state index contributed by atoms with van der Waals surface area (Å²) < 4.78 is 10.5. The zero-order chi connectivity index (χ0) is 9.61. The van der Waals surface area contributed by atoms with E-state index in [9.17, 15) is 14.4 Å². The van der Waals surface area contributed by atoms with Crippen molar-refractivity contribution < 1.29 is 31.4 Å². The van der Waals surface area contributed by atoms with E-state index in [2.05, 4.69) is 6.92 Å². The predicted molar refractivity (Wildman–Crippen MR) is 45.8 cm³/mol. The van der Waals surface area contributed by atoms with Crippen molar-refractivity contribution in [3.63, 3.8) is 0 Å². The van der Waals surface area contributed by atoms with E-state index >= 15 is 0 Å². The fourth-order valence-corrected chi connectivity index (χ4v) is 1.52. The van der Waals surface area contributed by atoms with Crippen LogP contribution in [0.1, 0.15) is 46.0 Å². The Hall–Kier alpha value is 0.669. The average molecular weight is 248 g/mol. The van der Waals surface area contributed by atoms with E-state index in [1.165, 1.54) is 6.92 Å². The number of rotatable bonds is 6. The van der Waals surface area contributed by atoms with E-state index in [1.807, 2.05) is 0 Å². The van der Waals surface area contributed by atoms with E-state index < -0.39 is 13.3 Å². The quantitative estimate of drug-likeness (QED) is 0.403. The van der Waals surface area contributed by atoms with Crippen molar-refractivity contribution in [3.8, 4) is 0 Å². The Morgan fingerprint density at radius 3 is 2.15 bits per heavy atom. The summed E-state index contributed by atoms with van der Waals surface area (Å²) in [6, 6.07) is 0. The van der Waals surface area contributed by atoms with Crippen LogP contribution in [0.4, 0.5) is 0 Å². The molecule has 13 heavy (non-hydrogen) atoms. The Bertz CT molecular complexity index is 157. The zero-order valence-corrected chi connectivity index (χ0v) is 10.1. The predicted octanol–water partition coefficient (Wildman–Crippen LogP) is 1.26. The van der Waals surface area contributed by atoms with Gasteiger partial charge in [0.25, 0.3) is 0 Å². The molecular formula is C8H17FeO3P. The van der Waals surface area contributed by atoms with Crippen LogP contribution in [0.5, 0.6) is 0 Å². The van der Waals surface area contributed by atoms with Gasteiger partial charge in [0.15, 0.2) is 0 Å². The first-order valence-electron chi connectivity index (χ1n) is 4.50. The SMILES string of the molecule is CCCCCCC(C)P(=O)([O-])[O-].[Fe+2]. The summed E-state index contributed by atoms with van der Waals surface area (Å²) >= 11 is 0.